The highest BCUT2D eigenvalue weighted by atomic mass is 19.1. The fourth-order valence-corrected chi connectivity index (χ4v) is 1.05. The minimum atomic E-state index is -0.323. The molecule has 1 aliphatic rings. The number of nitrogens with one attached hydrogen (secondary N) is 1. The molecular formula is C8H10FN3. The van der Waals surface area contributed by atoms with Crippen LogP contribution in [0, 0.1) is 5.82 Å². The minimum Gasteiger partial charge on any atom is -0.363 e. The average molecular weight is 167 g/mol. The molecule has 0 aliphatic heterocycles. The van der Waals surface area contributed by atoms with Crippen molar-refractivity contribution in [3.8, 4) is 0 Å². The van der Waals surface area contributed by atoms with Crippen LogP contribution in [0.25, 0.3) is 0 Å². The SMILES string of the molecule is NC1CC1Nc1ncccc1F. The smallest absolute Gasteiger partial charge is 0.165 e. The van der Waals surface area contributed by atoms with Crippen molar-refractivity contribution in [2.24, 2.45) is 5.73 Å². The van der Waals surface area contributed by atoms with Crippen molar-refractivity contribution >= 4 is 5.82 Å². The third-order valence-corrected chi connectivity index (χ3v) is 1.92. The Bertz CT molecular complexity index is 289. The van der Waals surface area contributed by atoms with E-state index in [1.54, 1.807) is 12.3 Å². The molecule has 1 heterocycles. The first-order valence-electron chi connectivity index (χ1n) is 3.90. The lowest BCUT2D eigenvalue weighted by Gasteiger charge is -2.03. The molecule has 3 nitrogen and oxygen atoms in total. The Morgan fingerprint density at radius 3 is 3.00 bits per heavy atom. The van der Waals surface area contributed by atoms with Gasteiger partial charge >= 0.3 is 0 Å². The van der Waals surface area contributed by atoms with Gasteiger partial charge in [-0.05, 0) is 18.6 Å². The highest BCUT2D eigenvalue weighted by Gasteiger charge is 2.33. The molecule has 1 fully saturated rings. The highest BCUT2D eigenvalue weighted by Crippen LogP contribution is 2.23. The lowest BCUT2D eigenvalue weighted by molar-refractivity contribution is 0.624. The van der Waals surface area contributed by atoms with Crippen LogP contribution in [0.2, 0.25) is 0 Å². The molecule has 1 aromatic rings. The summed E-state index contributed by atoms with van der Waals surface area (Å²) in [4.78, 5) is 3.85. The Morgan fingerprint density at radius 1 is 1.67 bits per heavy atom. The second-order valence-electron chi connectivity index (χ2n) is 2.98. The summed E-state index contributed by atoms with van der Waals surface area (Å²) >= 11 is 0. The van der Waals surface area contributed by atoms with Crippen LogP contribution in [0.5, 0.6) is 0 Å². The molecule has 2 unspecified atom stereocenters. The summed E-state index contributed by atoms with van der Waals surface area (Å²) in [5.41, 5.74) is 5.55. The predicted molar refractivity (Wildman–Crippen MR) is 44.2 cm³/mol. The molecule has 4 heteroatoms. The maximum Gasteiger partial charge on any atom is 0.165 e. The fraction of sp³-hybridized carbons (Fsp3) is 0.375. The zero-order valence-corrected chi connectivity index (χ0v) is 6.50. The molecule has 0 radical (unpaired) electrons. The van der Waals surface area contributed by atoms with E-state index < -0.39 is 0 Å². The van der Waals surface area contributed by atoms with Crippen LogP contribution in [-0.2, 0) is 0 Å². The van der Waals surface area contributed by atoms with Gasteiger partial charge in [-0.3, -0.25) is 0 Å². The first-order chi connectivity index (χ1) is 5.77. The standard InChI is InChI=1S/C8H10FN3/c9-5-2-1-3-11-8(5)12-7-4-6(7)10/h1-3,6-7H,4,10H2,(H,11,12). The van der Waals surface area contributed by atoms with Crippen molar-refractivity contribution < 1.29 is 4.39 Å². The Morgan fingerprint density at radius 2 is 2.42 bits per heavy atom. The topological polar surface area (TPSA) is 50.9 Å². The first kappa shape index (κ1) is 7.49. The van der Waals surface area contributed by atoms with E-state index in [1.165, 1.54) is 6.07 Å². The molecule has 2 atom stereocenters. The number of nitrogens with zero attached hydrogens (tertiary/aromatic N) is 1. The van der Waals surface area contributed by atoms with Crippen LogP contribution in [0.4, 0.5) is 10.2 Å². The minimum absolute atomic E-state index is 0.159. The molecule has 1 aromatic heterocycles. The number of anilines is 1. The van der Waals surface area contributed by atoms with Gasteiger partial charge in [-0.15, -0.1) is 0 Å². The second-order valence-corrected chi connectivity index (χ2v) is 2.98. The molecule has 1 saturated carbocycles. The zero-order valence-electron chi connectivity index (χ0n) is 6.50. The van der Waals surface area contributed by atoms with E-state index in [-0.39, 0.29) is 17.9 Å². The first-order valence-corrected chi connectivity index (χ1v) is 3.90. The largest absolute Gasteiger partial charge is 0.363 e. The zero-order chi connectivity index (χ0) is 8.55. The van der Waals surface area contributed by atoms with Gasteiger partial charge < -0.3 is 11.1 Å². The molecule has 1 aliphatic carbocycles. The summed E-state index contributed by atoms with van der Waals surface area (Å²) in [6.07, 6.45) is 2.45. The lowest BCUT2D eigenvalue weighted by atomic mass is 10.4. The maximum absolute atomic E-state index is 12.9. The number of nitrogens with two attached hydrogens (primary N) is 1. The van der Waals surface area contributed by atoms with Crippen molar-refractivity contribution in [3.05, 3.63) is 24.1 Å². The number of aromatic nitrogens is 1. The molecule has 0 aromatic carbocycles. The average Bonchev–Trinajstić information content (AvgIpc) is 2.72. The van der Waals surface area contributed by atoms with E-state index in [0.29, 0.717) is 5.82 Å². The number of rotatable bonds is 2. The molecule has 0 spiro atoms. The number of halogens is 1. The summed E-state index contributed by atoms with van der Waals surface area (Å²) in [5, 5.41) is 2.92. The van der Waals surface area contributed by atoms with Gasteiger partial charge in [0.15, 0.2) is 11.6 Å². The van der Waals surface area contributed by atoms with Gasteiger partial charge in [0.25, 0.3) is 0 Å². The van der Waals surface area contributed by atoms with E-state index in [4.69, 9.17) is 5.73 Å². The van der Waals surface area contributed by atoms with Gasteiger partial charge in [0.1, 0.15) is 0 Å². The molecule has 64 valence electrons. The van der Waals surface area contributed by atoms with E-state index in [1.807, 2.05) is 0 Å². The van der Waals surface area contributed by atoms with Gasteiger partial charge in [-0.25, -0.2) is 9.37 Å². The van der Waals surface area contributed by atoms with Gasteiger partial charge in [-0.1, -0.05) is 0 Å². The van der Waals surface area contributed by atoms with Crippen LogP contribution >= 0.6 is 0 Å². The molecular weight excluding hydrogens is 157 g/mol. The van der Waals surface area contributed by atoms with Crippen LogP contribution < -0.4 is 11.1 Å². The van der Waals surface area contributed by atoms with Crippen molar-refractivity contribution in [2.75, 3.05) is 5.32 Å². The number of hydrogen-bond donors (Lipinski definition) is 2. The summed E-state index contributed by atoms with van der Waals surface area (Å²) in [7, 11) is 0. The summed E-state index contributed by atoms with van der Waals surface area (Å²) < 4.78 is 12.9. The van der Waals surface area contributed by atoms with Crippen molar-refractivity contribution in [1.82, 2.24) is 4.98 Å². The monoisotopic (exact) mass is 167 g/mol. The van der Waals surface area contributed by atoms with E-state index in [9.17, 15) is 4.39 Å². The van der Waals surface area contributed by atoms with Gasteiger partial charge in [0.05, 0.1) is 0 Å². The van der Waals surface area contributed by atoms with Crippen LogP contribution in [0.15, 0.2) is 18.3 Å². The Labute approximate surface area is 69.8 Å². The number of pyridine rings is 1. The lowest BCUT2D eigenvalue weighted by Crippen LogP contribution is -2.14. The Hall–Kier alpha value is -1.16. The Balaban J connectivity index is 2.08. The molecule has 0 bridgehead atoms. The predicted octanol–water partition coefficient (Wildman–Crippen LogP) is 0.732. The summed E-state index contributed by atoms with van der Waals surface area (Å²) in [6, 6.07) is 3.30. The summed E-state index contributed by atoms with van der Waals surface area (Å²) in [6.45, 7) is 0. The molecule has 3 N–H and O–H groups in total. The molecule has 2 rings (SSSR count). The molecule has 0 amide bonds. The van der Waals surface area contributed by atoms with Gasteiger partial charge in [-0.2, -0.15) is 0 Å². The summed E-state index contributed by atoms with van der Waals surface area (Å²) in [5.74, 6) is -0.0212. The fourth-order valence-electron chi connectivity index (χ4n) is 1.05. The van der Waals surface area contributed by atoms with E-state index in [0.717, 1.165) is 6.42 Å². The van der Waals surface area contributed by atoms with Crippen LogP contribution in [0.3, 0.4) is 0 Å². The van der Waals surface area contributed by atoms with Crippen LogP contribution in [-0.4, -0.2) is 17.1 Å². The molecule has 0 saturated heterocycles. The third-order valence-electron chi connectivity index (χ3n) is 1.92. The second kappa shape index (κ2) is 2.71. The van der Waals surface area contributed by atoms with Crippen molar-refractivity contribution in [2.45, 2.75) is 18.5 Å². The van der Waals surface area contributed by atoms with E-state index >= 15 is 0 Å². The molecule has 12 heavy (non-hydrogen) atoms. The van der Waals surface area contributed by atoms with Gasteiger partial charge in [0, 0.05) is 18.3 Å². The quantitative estimate of drug-likeness (QED) is 0.682. The number of hydrogen-bond acceptors (Lipinski definition) is 3. The Kier molecular flexibility index (Phi) is 1.69. The van der Waals surface area contributed by atoms with Crippen molar-refractivity contribution in [3.63, 3.8) is 0 Å². The van der Waals surface area contributed by atoms with E-state index in [2.05, 4.69) is 10.3 Å². The van der Waals surface area contributed by atoms with Crippen molar-refractivity contribution in [1.29, 1.82) is 0 Å². The van der Waals surface area contributed by atoms with Crippen LogP contribution in [0.1, 0.15) is 6.42 Å². The maximum atomic E-state index is 12.9. The highest BCUT2D eigenvalue weighted by molar-refractivity contribution is 5.39. The van der Waals surface area contributed by atoms with Gasteiger partial charge in [0.2, 0.25) is 0 Å². The normalized spacial score (nSPS) is 26.8. The third kappa shape index (κ3) is 1.38.